The van der Waals surface area contributed by atoms with Crippen LogP contribution in [0.3, 0.4) is 0 Å². The van der Waals surface area contributed by atoms with Crippen molar-refractivity contribution in [1.29, 1.82) is 0 Å². The van der Waals surface area contributed by atoms with Gasteiger partial charge in [-0.25, -0.2) is 8.42 Å². The molecule has 0 bridgehead atoms. The minimum absolute atomic E-state index is 0.0245. The lowest BCUT2D eigenvalue weighted by Crippen LogP contribution is -2.45. The Hall–Kier alpha value is -3.35. The van der Waals surface area contributed by atoms with Crippen molar-refractivity contribution in [3.8, 4) is 17.2 Å². The molecule has 0 spiro atoms. The van der Waals surface area contributed by atoms with Crippen LogP contribution >= 0.6 is 0 Å². The van der Waals surface area contributed by atoms with Crippen LogP contribution in [0.1, 0.15) is 18.5 Å². The van der Waals surface area contributed by atoms with E-state index in [-0.39, 0.29) is 42.9 Å². The maximum atomic E-state index is 13.1. The number of hydrogen-bond acceptors (Lipinski definition) is 8. The number of morpholine rings is 1. The van der Waals surface area contributed by atoms with Gasteiger partial charge in [-0.15, -0.1) is 0 Å². The van der Waals surface area contributed by atoms with E-state index in [1.54, 1.807) is 6.07 Å². The molecule has 2 amide bonds. The first-order valence-corrected chi connectivity index (χ1v) is 13.1. The number of ether oxygens (including phenoxy) is 4. The number of sulfonamides is 1. The molecule has 1 atom stereocenters. The fourth-order valence-electron chi connectivity index (χ4n) is 4.30. The van der Waals surface area contributed by atoms with Crippen molar-refractivity contribution in [2.24, 2.45) is 0 Å². The Morgan fingerprint density at radius 1 is 0.972 bits per heavy atom. The fourth-order valence-corrected chi connectivity index (χ4v) is 5.72. The van der Waals surface area contributed by atoms with Gasteiger partial charge in [-0.05, 0) is 42.8 Å². The summed E-state index contributed by atoms with van der Waals surface area (Å²) in [6, 6.07) is 9.43. The Kier molecular flexibility index (Phi) is 6.73. The number of carbonyl (C=O) groups is 2. The molecule has 1 N–H and O–H groups in total. The van der Waals surface area contributed by atoms with Crippen molar-refractivity contribution in [2.45, 2.75) is 17.9 Å². The van der Waals surface area contributed by atoms with Gasteiger partial charge in [0, 0.05) is 13.1 Å². The molecule has 3 heterocycles. The quantitative estimate of drug-likeness (QED) is 0.604. The van der Waals surface area contributed by atoms with E-state index < -0.39 is 21.8 Å². The fraction of sp³-hybridized carbons (Fsp3) is 0.417. The number of nitrogens with zero attached hydrogens (tertiary/aromatic N) is 2. The van der Waals surface area contributed by atoms with Crippen molar-refractivity contribution in [2.75, 3.05) is 57.6 Å². The predicted molar refractivity (Wildman–Crippen MR) is 128 cm³/mol. The Morgan fingerprint density at radius 2 is 1.69 bits per heavy atom. The second-order valence-corrected chi connectivity index (χ2v) is 10.5. The van der Waals surface area contributed by atoms with Gasteiger partial charge in [0.1, 0.15) is 25.5 Å². The standard InChI is InChI=1S/C24H27N3O8S/c1-16(17-2-4-21-22(12-17)34-11-10-33-21)25-23(28)14-27-19-13-18(3-5-20(19)35-15-24(27)29)36(30,31)26-6-8-32-9-7-26/h2-5,12-13,16H,6-11,14-15H2,1H3,(H,25,28)/t16-/m0/s1. The third-order valence-electron chi connectivity index (χ3n) is 6.23. The summed E-state index contributed by atoms with van der Waals surface area (Å²) in [4.78, 5) is 26.9. The molecule has 11 nitrogen and oxygen atoms in total. The van der Waals surface area contributed by atoms with E-state index in [0.29, 0.717) is 43.7 Å². The topological polar surface area (TPSA) is 124 Å². The summed E-state index contributed by atoms with van der Waals surface area (Å²) in [5, 5.41) is 2.89. The summed E-state index contributed by atoms with van der Waals surface area (Å²) in [7, 11) is -3.79. The van der Waals surface area contributed by atoms with Gasteiger partial charge in [0.15, 0.2) is 18.1 Å². The molecule has 2 aromatic rings. The summed E-state index contributed by atoms with van der Waals surface area (Å²) >= 11 is 0. The molecular weight excluding hydrogens is 490 g/mol. The monoisotopic (exact) mass is 517 g/mol. The number of benzene rings is 2. The highest BCUT2D eigenvalue weighted by molar-refractivity contribution is 7.89. The lowest BCUT2D eigenvalue weighted by atomic mass is 10.1. The van der Waals surface area contributed by atoms with Crippen LogP contribution in [0, 0.1) is 0 Å². The number of fused-ring (bicyclic) bond motifs is 2. The van der Waals surface area contributed by atoms with Gasteiger partial charge in [-0.1, -0.05) is 6.07 Å². The Balaban J connectivity index is 1.33. The highest BCUT2D eigenvalue weighted by Crippen LogP contribution is 2.35. The summed E-state index contributed by atoms with van der Waals surface area (Å²) < 4.78 is 49.5. The van der Waals surface area contributed by atoms with Crippen LogP contribution in [0.2, 0.25) is 0 Å². The van der Waals surface area contributed by atoms with Crippen molar-refractivity contribution in [3.05, 3.63) is 42.0 Å². The van der Waals surface area contributed by atoms with Crippen molar-refractivity contribution in [3.63, 3.8) is 0 Å². The molecule has 3 aliphatic heterocycles. The second kappa shape index (κ2) is 9.96. The van der Waals surface area contributed by atoms with Gasteiger partial charge < -0.3 is 24.3 Å². The number of nitrogens with one attached hydrogen (secondary N) is 1. The molecule has 0 saturated carbocycles. The molecular formula is C24H27N3O8S. The SMILES string of the molecule is C[C@H](NC(=O)CN1C(=O)COc2ccc(S(=O)(=O)N3CCOCC3)cc21)c1ccc2c(c1)OCCO2. The van der Waals surface area contributed by atoms with Crippen LogP contribution in [0.5, 0.6) is 17.2 Å². The van der Waals surface area contributed by atoms with Gasteiger partial charge in [0.25, 0.3) is 5.91 Å². The maximum Gasteiger partial charge on any atom is 0.265 e. The number of carbonyl (C=O) groups excluding carboxylic acids is 2. The smallest absolute Gasteiger partial charge is 0.265 e. The van der Waals surface area contributed by atoms with Crippen molar-refractivity contribution < 1.29 is 37.0 Å². The normalized spacial score (nSPS) is 18.7. The van der Waals surface area contributed by atoms with E-state index in [4.69, 9.17) is 18.9 Å². The van der Waals surface area contributed by atoms with Crippen LogP contribution in [-0.4, -0.2) is 77.2 Å². The third-order valence-corrected chi connectivity index (χ3v) is 8.12. The summed E-state index contributed by atoms with van der Waals surface area (Å²) in [5.74, 6) is 0.766. The van der Waals surface area contributed by atoms with Gasteiger partial charge in [0.2, 0.25) is 15.9 Å². The van der Waals surface area contributed by atoms with Gasteiger partial charge in [-0.2, -0.15) is 4.31 Å². The lowest BCUT2D eigenvalue weighted by molar-refractivity contribution is -0.125. The molecule has 1 saturated heterocycles. The second-order valence-electron chi connectivity index (χ2n) is 8.61. The minimum Gasteiger partial charge on any atom is -0.486 e. The predicted octanol–water partition coefficient (Wildman–Crippen LogP) is 1.08. The minimum atomic E-state index is -3.79. The van der Waals surface area contributed by atoms with E-state index in [1.807, 2.05) is 19.1 Å². The first-order chi connectivity index (χ1) is 17.3. The molecule has 0 unspecified atom stereocenters. The molecule has 0 aromatic heterocycles. The maximum absolute atomic E-state index is 13.1. The van der Waals surface area contributed by atoms with Gasteiger partial charge in [-0.3, -0.25) is 14.5 Å². The van der Waals surface area contributed by atoms with Crippen LogP contribution in [-0.2, 0) is 24.3 Å². The molecule has 0 aliphatic carbocycles. The zero-order valence-electron chi connectivity index (χ0n) is 19.8. The van der Waals surface area contributed by atoms with Crippen molar-refractivity contribution >= 4 is 27.5 Å². The van der Waals surface area contributed by atoms with Crippen LogP contribution in [0.15, 0.2) is 41.3 Å². The average Bonchev–Trinajstić information content (AvgIpc) is 2.90. The molecule has 1 fully saturated rings. The number of amides is 2. The molecule has 2 aromatic carbocycles. The number of hydrogen-bond donors (Lipinski definition) is 1. The summed E-state index contributed by atoms with van der Waals surface area (Å²) in [6.07, 6.45) is 0. The zero-order valence-corrected chi connectivity index (χ0v) is 20.6. The number of rotatable bonds is 6. The van der Waals surface area contributed by atoms with E-state index in [1.165, 1.54) is 27.4 Å². The molecule has 3 aliphatic rings. The Labute approximate surface area is 208 Å². The van der Waals surface area contributed by atoms with E-state index in [0.717, 1.165) is 5.56 Å². The lowest BCUT2D eigenvalue weighted by Gasteiger charge is -2.31. The summed E-state index contributed by atoms with van der Waals surface area (Å²) in [6.45, 7) is 3.38. The van der Waals surface area contributed by atoms with E-state index >= 15 is 0 Å². The van der Waals surface area contributed by atoms with Gasteiger partial charge in [0.05, 0.1) is 29.8 Å². The molecule has 5 rings (SSSR count). The molecule has 192 valence electrons. The van der Waals surface area contributed by atoms with Crippen LogP contribution in [0.25, 0.3) is 0 Å². The zero-order chi connectivity index (χ0) is 25.3. The average molecular weight is 518 g/mol. The highest BCUT2D eigenvalue weighted by atomic mass is 32.2. The largest absolute Gasteiger partial charge is 0.486 e. The van der Waals surface area contributed by atoms with Gasteiger partial charge >= 0.3 is 0 Å². The third kappa shape index (κ3) is 4.84. The Bertz CT molecular complexity index is 1280. The van der Waals surface area contributed by atoms with E-state index in [2.05, 4.69) is 5.32 Å². The van der Waals surface area contributed by atoms with E-state index in [9.17, 15) is 18.0 Å². The molecule has 0 radical (unpaired) electrons. The van der Waals surface area contributed by atoms with Crippen molar-refractivity contribution in [1.82, 2.24) is 9.62 Å². The Morgan fingerprint density at radius 3 is 2.47 bits per heavy atom. The van der Waals surface area contributed by atoms with Crippen LogP contribution < -0.4 is 24.4 Å². The van der Waals surface area contributed by atoms with Crippen LogP contribution in [0.4, 0.5) is 5.69 Å². The highest BCUT2D eigenvalue weighted by Gasteiger charge is 2.32. The number of anilines is 1. The first-order valence-electron chi connectivity index (χ1n) is 11.7. The first kappa shape index (κ1) is 24.3. The summed E-state index contributed by atoms with van der Waals surface area (Å²) in [5.41, 5.74) is 1.06. The molecule has 12 heteroatoms. The molecule has 36 heavy (non-hydrogen) atoms.